The van der Waals surface area contributed by atoms with Crippen LogP contribution in [0.25, 0.3) is 0 Å². The van der Waals surface area contributed by atoms with Crippen molar-refractivity contribution in [3.63, 3.8) is 0 Å². The zero-order chi connectivity index (χ0) is 9.68. The van der Waals surface area contributed by atoms with E-state index >= 15 is 0 Å². The second kappa shape index (κ2) is 4.72. The lowest BCUT2D eigenvalue weighted by Gasteiger charge is -2.08. The van der Waals surface area contributed by atoms with E-state index in [9.17, 15) is 4.79 Å². The summed E-state index contributed by atoms with van der Waals surface area (Å²) in [6.07, 6.45) is 4.53. The number of hydrogen-bond acceptors (Lipinski definition) is 3. The summed E-state index contributed by atoms with van der Waals surface area (Å²) in [6.45, 7) is 1.82. The van der Waals surface area contributed by atoms with Crippen LogP contribution in [0, 0.1) is 0 Å². The Bertz CT molecular complexity index is 272. The lowest BCUT2D eigenvalue weighted by molar-refractivity contribution is -0.119. The van der Waals surface area contributed by atoms with Gasteiger partial charge in [-0.25, -0.2) is 0 Å². The van der Waals surface area contributed by atoms with E-state index in [1.807, 2.05) is 19.1 Å². The third-order valence-corrected chi connectivity index (χ3v) is 1.94. The first-order chi connectivity index (χ1) is 6.24. The van der Waals surface area contributed by atoms with Crippen LogP contribution >= 0.6 is 0 Å². The normalized spacial score (nSPS) is 12.5. The van der Waals surface area contributed by atoms with Gasteiger partial charge < -0.3 is 5.73 Å². The Morgan fingerprint density at radius 2 is 2.46 bits per heavy atom. The quantitative estimate of drug-likeness (QED) is 0.746. The molecule has 0 bridgehead atoms. The number of carbonyl (C=O) groups is 1. The summed E-state index contributed by atoms with van der Waals surface area (Å²) in [5.41, 5.74) is 6.69. The molecule has 3 nitrogen and oxygen atoms in total. The molecule has 0 amide bonds. The maximum absolute atomic E-state index is 11.2. The molecule has 0 aliphatic heterocycles. The first kappa shape index (κ1) is 9.86. The van der Waals surface area contributed by atoms with Gasteiger partial charge in [-0.15, -0.1) is 0 Å². The zero-order valence-corrected chi connectivity index (χ0v) is 7.73. The van der Waals surface area contributed by atoms with Crippen LogP contribution in [-0.4, -0.2) is 16.8 Å². The van der Waals surface area contributed by atoms with Crippen molar-refractivity contribution in [1.29, 1.82) is 0 Å². The summed E-state index contributed by atoms with van der Waals surface area (Å²) >= 11 is 0. The average Bonchev–Trinajstić information content (AvgIpc) is 2.18. The number of rotatable bonds is 4. The number of ketones is 1. The number of pyridine rings is 1. The lowest BCUT2D eigenvalue weighted by atomic mass is 10.0. The van der Waals surface area contributed by atoms with Gasteiger partial charge >= 0.3 is 0 Å². The average molecular weight is 178 g/mol. The van der Waals surface area contributed by atoms with Crippen molar-refractivity contribution in [2.24, 2.45) is 5.73 Å². The van der Waals surface area contributed by atoms with E-state index in [1.54, 1.807) is 12.4 Å². The van der Waals surface area contributed by atoms with Gasteiger partial charge in [-0.2, -0.15) is 0 Å². The highest BCUT2D eigenvalue weighted by Gasteiger charge is 2.11. The minimum absolute atomic E-state index is 0.101. The zero-order valence-electron chi connectivity index (χ0n) is 7.73. The summed E-state index contributed by atoms with van der Waals surface area (Å²) in [5, 5.41) is 0. The molecule has 3 heteroatoms. The first-order valence-corrected chi connectivity index (χ1v) is 4.41. The highest BCUT2D eigenvalue weighted by atomic mass is 16.1. The molecule has 0 spiro atoms. The number of aromatic nitrogens is 1. The topological polar surface area (TPSA) is 56.0 Å². The Kier molecular flexibility index (Phi) is 3.58. The monoisotopic (exact) mass is 178 g/mol. The van der Waals surface area contributed by atoms with Gasteiger partial charge in [0.15, 0.2) is 0 Å². The Hall–Kier alpha value is -1.22. The molecule has 0 radical (unpaired) electrons. The minimum atomic E-state index is -0.380. The molecule has 0 fully saturated rings. The molecule has 1 atom stereocenters. The Morgan fingerprint density at radius 3 is 3.00 bits per heavy atom. The van der Waals surface area contributed by atoms with E-state index in [4.69, 9.17) is 5.73 Å². The number of nitrogens with two attached hydrogens (primary N) is 1. The van der Waals surface area contributed by atoms with Gasteiger partial charge in [0.05, 0.1) is 6.04 Å². The molecular formula is C10H14N2O. The molecule has 1 heterocycles. The van der Waals surface area contributed by atoms with Gasteiger partial charge in [0, 0.05) is 18.8 Å². The smallest absolute Gasteiger partial charge is 0.149 e. The fourth-order valence-electron chi connectivity index (χ4n) is 1.15. The van der Waals surface area contributed by atoms with Gasteiger partial charge in [0.2, 0.25) is 0 Å². The van der Waals surface area contributed by atoms with Crippen molar-refractivity contribution in [2.45, 2.75) is 25.8 Å². The molecule has 70 valence electrons. The molecule has 0 saturated heterocycles. The van der Waals surface area contributed by atoms with Gasteiger partial charge in [-0.1, -0.05) is 13.0 Å². The van der Waals surface area contributed by atoms with Crippen molar-refractivity contribution in [1.82, 2.24) is 4.98 Å². The molecule has 0 saturated carbocycles. The molecule has 0 aliphatic carbocycles. The predicted octanol–water partition coefficient (Wildman–Crippen LogP) is 0.930. The highest BCUT2D eigenvalue weighted by molar-refractivity contribution is 5.83. The van der Waals surface area contributed by atoms with Gasteiger partial charge in [0.25, 0.3) is 0 Å². The van der Waals surface area contributed by atoms with E-state index < -0.39 is 0 Å². The van der Waals surface area contributed by atoms with Crippen molar-refractivity contribution in [2.75, 3.05) is 0 Å². The van der Waals surface area contributed by atoms with Crippen molar-refractivity contribution < 1.29 is 4.79 Å². The van der Waals surface area contributed by atoms with Crippen molar-refractivity contribution in [3.05, 3.63) is 30.1 Å². The summed E-state index contributed by atoms with van der Waals surface area (Å²) < 4.78 is 0. The summed E-state index contributed by atoms with van der Waals surface area (Å²) in [6, 6.07) is 3.39. The number of hydrogen-bond donors (Lipinski definition) is 1. The van der Waals surface area contributed by atoms with Crippen LogP contribution in [-0.2, 0) is 11.2 Å². The van der Waals surface area contributed by atoms with E-state index in [1.165, 1.54) is 0 Å². The fourth-order valence-corrected chi connectivity index (χ4v) is 1.15. The van der Waals surface area contributed by atoms with E-state index in [2.05, 4.69) is 4.98 Å². The maximum atomic E-state index is 11.2. The fraction of sp³-hybridized carbons (Fsp3) is 0.400. The maximum Gasteiger partial charge on any atom is 0.149 e. The largest absolute Gasteiger partial charge is 0.321 e. The van der Waals surface area contributed by atoms with Crippen molar-refractivity contribution >= 4 is 5.78 Å². The molecule has 0 aromatic carbocycles. The number of Topliss-reactive ketones (excluding diaryl/α,β-unsaturated/α-hetero) is 1. The summed E-state index contributed by atoms with van der Waals surface area (Å²) in [5.74, 6) is 0.101. The molecule has 0 aliphatic rings. The number of nitrogens with zero attached hydrogens (tertiary/aromatic N) is 1. The van der Waals surface area contributed by atoms with Crippen LogP contribution < -0.4 is 5.73 Å². The SMILES string of the molecule is CCC(=O)C(N)Cc1cccnc1. The van der Waals surface area contributed by atoms with Crippen LogP contribution in [0.3, 0.4) is 0 Å². The first-order valence-electron chi connectivity index (χ1n) is 4.41. The number of carbonyl (C=O) groups excluding carboxylic acids is 1. The van der Waals surface area contributed by atoms with Crippen molar-refractivity contribution in [3.8, 4) is 0 Å². The standard InChI is InChI=1S/C10H14N2O/c1-2-10(13)9(11)6-8-4-3-5-12-7-8/h3-5,7,9H,2,6,11H2,1H3. The third-order valence-electron chi connectivity index (χ3n) is 1.94. The summed E-state index contributed by atoms with van der Waals surface area (Å²) in [7, 11) is 0. The Balaban J connectivity index is 2.55. The van der Waals surface area contributed by atoms with Crippen LogP contribution in [0.4, 0.5) is 0 Å². The minimum Gasteiger partial charge on any atom is -0.321 e. The molecule has 1 aromatic heterocycles. The molecule has 2 N–H and O–H groups in total. The molecule has 13 heavy (non-hydrogen) atoms. The van der Waals surface area contributed by atoms with Crippen LogP contribution in [0.2, 0.25) is 0 Å². The predicted molar refractivity (Wildman–Crippen MR) is 51.2 cm³/mol. The lowest BCUT2D eigenvalue weighted by Crippen LogP contribution is -2.32. The highest BCUT2D eigenvalue weighted by Crippen LogP contribution is 2.01. The second-order valence-corrected chi connectivity index (χ2v) is 2.99. The molecule has 1 rings (SSSR count). The van der Waals surface area contributed by atoms with E-state index in [-0.39, 0.29) is 11.8 Å². The molecule has 1 unspecified atom stereocenters. The second-order valence-electron chi connectivity index (χ2n) is 2.99. The third kappa shape index (κ3) is 2.95. The van der Waals surface area contributed by atoms with Crippen LogP contribution in [0.1, 0.15) is 18.9 Å². The van der Waals surface area contributed by atoms with Crippen LogP contribution in [0.15, 0.2) is 24.5 Å². The molecule has 1 aromatic rings. The Labute approximate surface area is 78.0 Å². The van der Waals surface area contributed by atoms with E-state index in [0.717, 1.165) is 5.56 Å². The summed E-state index contributed by atoms with van der Waals surface area (Å²) in [4.78, 5) is 15.1. The van der Waals surface area contributed by atoms with Gasteiger partial charge in [-0.05, 0) is 18.1 Å². The van der Waals surface area contributed by atoms with Gasteiger partial charge in [-0.3, -0.25) is 9.78 Å². The Morgan fingerprint density at radius 1 is 1.69 bits per heavy atom. The van der Waals surface area contributed by atoms with Gasteiger partial charge in [0.1, 0.15) is 5.78 Å². The molecular weight excluding hydrogens is 164 g/mol. The van der Waals surface area contributed by atoms with E-state index in [0.29, 0.717) is 12.8 Å². The van der Waals surface area contributed by atoms with Crippen LogP contribution in [0.5, 0.6) is 0 Å².